The standard InChI is InChI=1S/C16H17F2N3O3/c1-10-3-4-12(7-11(10)2)15(23)20-8-14(22)24-9-13-19-5-6-21(13)16(17)18/h3-7,16H,8-9H2,1-2H3,(H,20,23). The molecule has 1 heterocycles. The van der Waals surface area contributed by atoms with Crippen molar-refractivity contribution < 1.29 is 23.1 Å². The highest BCUT2D eigenvalue weighted by atomic mass is 19.3. The third-order valence-electron chi connectivity index (χ3n) is 3.48. The number of rotatable bonds is 6. The van der Waals surface area contributed by atoms with Crippen LogP contribution < -0.4 is 5.32 Å². The lowest BCUT2D eigenvalue weighted by Crippen LogP contribution is -2.30. The van der Waals surface area contributed by atoms with E-state index in [1.807, 2.05) is 19.9 Å². The van der Waals surface area contributed by atoms with Gasteiger partial charge in [0, 0.05) is 18.0 Å². The van der Waals surface area contributed by atoms with E-state index >= 15 is 0 Å². The van der Waals surface area contributed by atoms with E-state index in [9.17, 15) is 18.4 Å². The molecule has 1 aromatic carbocycles. The second-order valence-electron chi connectivity index (χ2n) is 5.17. The maximum atomic E-state index is 12.6. The quantitative estimate of drug-likeness (QED) is 0.822. The topological polar surface area (TPSA) is 73.2 Å². The largest absolute Gasteiger partial charge is 0.456 e. The van der Waals surface area contributed by atoms with Gasteiger partial charge in [0.05, 0.1) is 0 Å². The molecular formula is C16H17F2N3O3. The van der Waals surface area contributed by atoms with Gasteiger partial charge < -0.3 is 10.1 Å². The van der Waals surface area contributed by atoms with Gasteiger partial charge in [-0.05, 0) is 37.1 Å². The molecule has 0 radical (unpaired) electrons. The van der Waals surface area contributed by atoms with E-state index in [0.717, 1.165) is 17.3 Å². The van der Waals surface area contributed by atoms with Crippen LogP contribution in [-0.4, -0.2) is 28.0 Å². The Hall–Kier alpha value is -2.77. The molecule has 0 unspecified atom stereocenters. The van der Waals surface area contributed by atoms with Gasteiger partial charge in [-0.2, -0.15) is 8.78 Å². The van der Waals surface area contributed by atoms with E-state index in [-0.39, 0.29) is 12.4 Å². The van der Waals surface area contributed by atoms with Crippen LogP contribution in [0.3, 0.4) is 0 Å². The maximum Gasteiger partial charge on any atom is 0.325 e. The fourth-order valence-corrected chi connectivity index (χ4v) is 1.97. The molecule has 1 aromatic heterocycles. The van der Waals surface area contributed by atoms with Crippen LogP contribution in [0.25, 0.3) is 0 Å². The number of benzene rings is 1. The highest BCUT2D eigenvalue weighted by Crippen LogP contribution is 2.13. The normalized spacial score (nSPS) is 10.7. The summed E-state index contributed by atoms with van der Waals surface area (Å²) in [5.74, 6) is -1.22. The number of alkyl halides is 2. The third-order valence-corrected chi connectivity index (χ3v) is 3.48. The molecule has 0 atom stereocenters. The Kier molecular flexibility index (Phi) is 5.62. The Morgan fingerprint density at radius 3 is 2.71 bits per heavy atom. The Labute approximate surface area is 137 Å². The highest BCUT2D eigenvalue weighted by Gasteiger charge is 2.14. The predicted molar refractivity (Wildman–Crippen MR) is 81.5 cm³/mol. The Morgan fingerprint density at radius 1 is 1.29 bits per heavy atom. The van der Waals surface area contributed by atoms with Gasteiger partial charge in [-0.3, -0.25) is 14.2 Å². The van der Waals surface area contributed by atoms with E-state index in [0.29, 0.717) is 10.1 Å². The second-order valence-corrected chi connectivity index (χ2v) is 5.17. The zero-order chi connectivity index (χ0) is 17.7. The number of halogens is 2. The number of nitrogens with one attached hydrogen (secondary N) is 1. The van der Waals surface area contributed by atoms with Crippen LogP contribution >= 0.6 is 0 Å². The van der Waals surface area contributed by atoms with E-state index in [1.54, 1.807) is 12.1 Å². The third kappa shape index (κ3) is 4.37. The van der Waals surface area contributed by atoms with E-state index in [4.69, 9.17) is 4.74 Å². The number of hydrogen-bond donors (Lipinski definition) is 1. The van der Waals surface area contributed by atoms with Gasteiger partial charge in [0.2, 0.25) is 0 Å². The molecule has 0 aliphatic rings. The fraction of sp³-hybridized carbons (Fsp3) is 0.312. The molecule has 0 saturated heterocycles. The van der Waals surface area contributed by atoms with Crippen molar-refractivity contribution in [3.05, 3.63) is 53.1 Å². The number of ether oxygens (including phenoxy) is 1. The van der Waals surface area contributed by atoms with Gasteiger partial charge in [0.25, 0.3) is 5.91 Å². The molecule has 2 aromatic rings. The van der Waals surface area contributed by atoms with Crippen LogP contribution in [-0.2, 0) is 16.1 Å². The lowest BCUT2D eigenvalue weighted by Gasteiger charge is -2.09. The van der Waals surface area contributed by atoms with E-state index < -0.39 is 25.0 Å². The average molecular weight is 337 g/mol. The SMILES string of the molecule is Cc1ccc(C(=O)NCC(=O)OCc2nccn2C(F)F)cc1C. The van der Waals surface area contributed by atoms with Gasteiger partial charge in [-0.25, -0.2) is 4.98 Å². The molecule has 0 aliphatic carbocycles. The molecule has 2 rings (SSSR count). The summed E-state index contributed by atoms with van der Waals surface area (Å²) in [5.41, 5.74) is 2.45. The molecule has 1 N–H and O–H groups in total. The number of esters is 1. The predicted octanol–water partition coefficient (Wildman–Crippen LogP) is 2.37. The van der Waals surface area contributed by atoms with Crippen molar-refractivity contribution in [3.8, 4) is 0 Å². The summed E-state index contributed by atoms with van der Waals surface area (Å²) in [7, 11) is 0. The molecular weight excluding hydrogens is 320 g/mol. The first-order chi connectivity index (χ1) is 11.4. The molecule has 0 fully saturated rings. The Morgan fingerprint density at radius 2 is 2.04 bits per heavy atom. The van der Waals surface area contributed by atoms with E-state index in [1.165, 1.54) is 6.20 Å². The number of carbonyl (C=O) groups is 2. The van der Waals surface area contributed by atoms with Crippen LogP contribution in [0.4, 0.5) is 8.78 Å². The summed E-state index contributed by atoms with van der Waals surface area (Å²) in [5, 5.41) is 2.42. The van der Waals surface area contributed by atoms with Crippen LogP contribution in [0, 0.1) is 13.8 Å². The van der Waals surface area contributed by atoms with Crippen LogP contribution in [0.2, 0.25) is 0 Å². The number of hydrogen-bond acceptors (Lipinski definition) is 4. The minimum absolute atomic E-state index is 0.0705. The molecule has 1 amide bonds. The van der Waals surface area contributed by atoms with Gasteiger partial charge >= 0.3 is 12.5 Å². The van der Waals surface area contributed by atoms with Gasteiger partial charge in [-0.15, -0.1) is 0 Å². The second kappa shape index (κ2) is 7.67. The van der Waals surface area contributed by atoms with Crippen LogP contribution in [0.5, 0.6) is 0 Å². The van der Waals surface area contributed by atoms with Gasteiger partial charge in [-0.1, -0.05) is 6.07 Å². The van der Waals surface area contributed by atoms with Crippen molar-refractivity contribution in [2.24, 2.45) is 0 Å². The minimum Gasteiger partial charge on any atom is -0.456 e. The smallest absolute Gasteiger partial charge is 0.325 e. The first-order valence-electron chi connectivity index (χ1n) is 7.19. The zero-order valence-electron chi connectivity index (χ0n) is 13.3. The number of imidazole rings is 1. The molecule has 8 heteroatoms. The Balaban J connectivity index is 1.83. The number of aryl methyl sites for hydroxylation is 2. The van der Waals surface area contributed by atoms with Crippen molar-refractivity contribution in [3.63, 3.8) is 0 Å². The zero-order valence-corrected chi connectivity index (χ0v) is 13.3. The van der Waals surface area contributed by atoms with Crippen molar-refractivity contribution in [1.82, 2.24) is 14.9 Å². The monoisotopic (exact) mass is 337 g/mol. The molecule has 0 spiro atoms. The summed E-state index contributed by atoms with van der Waals surface area (Å²) in [6.07, 6.45) is 2.28. The maximum absolute atomic E-state index is 12.6. The van der Waals surface area contributed by atoms with Crippen LogP contribution in [0.15, 0.2) is 30.6 Å². The average Bonchev–Trinajstić information content (AvgIpc) is 3.02. The highest BCUT2D eigenvalue weighted by molar-refractivity contribution is 5.96. The fourth-order valence-electron chi connectivity index (χ4n) is 1.97. The Bertz CT molecular complexity index is 744. The molecule has 0 saturated carbocycles. The van der Waals surface area contributed by atoms with Crippen molar-refractivity contribution in [2.75, 3.05) is 6.54 Å². The lowest BCUT2D eigenvalue weighted by atomic mass is 10.1. The number of nitrogens with zero attached hydrogens (tertiary/aromatic N) is 2. The molecule has 0 bridgehead atoms. The van der Waals surface area contributed by atoms with E-state index in [2.05, 4.69) is 10.3 Å². The molecule has 6 nitrogen and oxygen atoms in total. The summed E-state index contributed by atoms with van der Waals surface area (Å²) < 4.78 is 30.7. The number of aromatic nitrogens is 2. The van der Waals surface area contributed by atoms with Crippen molar-refractivity contribution >= 4 is 11.9 Å². The molecule has 0 aliphatic heterocycles. The van der Waals surface area contributed by atoms with Gasteiger partial charge in [0.15, 0.2) is 5.82 Å². The molecule has 24 heavy (non-hydrogen) atoms. The summed E-state index contributed by atoms with van der Waals surface area (Å²) in [6, 6.07) is 5.19. The summed E-state index contributed by atoms with van der Waals surface area (Å²) in [6.45, 7) is 0.297. The number of carbonyl (C=O) groups excluding carboxylic acids is 2. The summed E-state index contributed by atoms with van der Waals surface area (Å²) >= 11 is 0. The first kappa shape index (κ1) is 17.6. The van der Waals surface area contributed by atoms with Crippen molar-refractivity contribution in [2.45, 2.75) is 27.0 Å². The minimum atomic E-state index is -2.76. The van der Waals surface area contributed by atoms with Crippen molar-refractivity contribution in [1.29, 1.82) is 0 Å². The summed E-state index contributed by atoms with van der Waals surface area (Å²) in [4.78, 5) is 27.3. The lowest BCUT2D eigenvalue weighted by molar-refractivity contribution is -0.144. The molecule has 128 valence electrons. The first-order valence-corrected chi connectivity index (χ1v) is 7.19. The van der Waals surface area contributed by atoms with Crippen LogP contribution in [0.1, 0.15) is 33.9 Å². The number of amides is 1. The van der Waals surface area contributed by atoms with Gasteiger partial charge in [0.1, 0.15) is 13.2 Å².